The van der Waals surface area contributed by atoms with Crippen LogP contribution in [-0.2, 0) is 6.42 Å². The first-order valence-electron chi connectivity index (χ1n) is 17.5. The van der Waals surface area contributed by atoms with E-state index >= 15 is 0 Å². The van der Waals surface area contributed by atoms with Crippen molar-refractivity contribution in [1.29, 1.82) is 0 Å². The van der Waals surface area contributed by atoms with Crippen LogP contribution in [0.15, 0.2) is 150 Å². The van der Waals surface area contributed by atoms with E-state index in [9.17, 15) is 0 Å². The molecule has 7 aromatic carbocycles. The van der Waals surface area contributed by atoms with Crippen molar-refractivity contribution < 1.29 is 4.42 Å². The predicted octanol–water partition coefficient (Wildman–Crippen LogP) is 12.2. The summed E-state index contributed by atoms with van der Waals surface area (Å²) in [5, 5.41) is 4.56. The van der Waals surface area contributed by atoms with Crippen molar-refractivity contribution >= 4 is 38.8 Å². The van der Waals surface area contributed by atoms with Crippen molar-refractivity contribution in [3.05, 3.63) is 157 Å². The van der Waals surface area contributed by atoms with E-state index in [2.05, 4.69) is 121 Å². The Morgan fingerprint density at radius 2 is 1.12 bits per heavy atom. The quantitative estimate of drug-likeness (QED) is 0.190. The fraction of sp³-hybridized carbons (Fsp3) is 0.0426. The molecule has 0 fully saturated rings. The van der Waals surface area contributed by atoms with Crippen LogP contribution in [0, 0.1) is 0 Å². The van der Waals surface area contributed by atoms with Gasteiger partial charge in [0, 0.05) is 33.0 Å². The van der Waals surface area contributed by atoms with Crippen molar-refractivity contribution in [2.75, 3.05) is 0 Å². The number of hydrogen-bond donors (Lipinski definition) is 0. The molecular formula is C47H29N3O. The van der Waals surface area contributed by atoms with E-state index in [0.717, 1.165) is 62.6 Å². The molecule has 4 heteroatoms. The summed E-state index contributed by atoms with van der Waals surface area (Å²) in [5.74, 6) is 1.91. The Bertz CT molecular complexity index is 2890. The van der Waals surface area contributed by atoms with Gasteiger partial charge in [-0.3, -0.25) is 0 Å². The predicted molar refractivity (Wildman–Crippen MR) is 208 cm³/mol. The molecule has 2 aliphatic carbocycles. The average molecular weight is 652 g/mol. The van der Waals surface area contributed by atoms with Crippen LogP contribution in [0.2, 0.25) is 0 Å². The summed E-state index contributed by atoms with van der Waals surface area (Å²) >= 11 is 0. The largest absolute Gasteiger partial charge is 0.455 e. The van der Waals surface area contributed by atoms with Gasteiger partial charge < -0.3 is 4.42 Å². The number of fused-ring (bicyclic) bond motifs is 7. The van der Waals surface area contributed by atoms with Crippen molar-refractivity contribution in [3.63, 3.8) is 0 Å². The molecule has 51 heavy (non-hydrogen) atoms. The number of aromatic nitrogens is 3. The summed E-state index contributed by atoms with van der Waals surface area (Å²) in [6.45, 7) is 0. The lowest BCUT2D eigenvalue weighted by Crippen LogP contribution is -2.01. The Balaban J connectivity index is 1.12. The molecular weight excluding hydrogens is 623 g/mol. The lowest BCUT2D eigenvalue weighted by molar-refractivity contribution is 0.670. The molecule has 0 bridgehead atoms. The molecule has 2 aliphatic rings. The zero-order chi connectivity index (χ0) is 33.5. The molecule has 9 aromatic rings. The van der Waals surface area contributed by atoms with Crippen molar-refractivity contribution in [2.45, 2.75) is 12.8 Å². The molecule has 238 valence electrons. The molecule has 0 spiro atoms. The highest BCUT2D eigenvalue weighted by Crippen LogP contribution is 2.50. The number of hydrogen-bond acceptors (Lipinski definition) is 4. The molecule has 0 radical (unpaired) electrons. The lowest BCUT2D eigenvalue weighted by Gasteiger charge is -2.13. The third-order valence-electron chi connectivity index (χ3n) is 10.6. The zero-order valence-electron chi connectivity index (χ0n) is 27.6. The monoisotopic (exact) mass is 651 g/mol. The highest BCUT2D eigenvalue weighted by atomic mass is 16.3. The second-order valence-corrected chi connectivity index (χ2v) is 13.4. The fourth-order valence-electron chi connectivity index (χ4n) is 8.20. The Kier molecular flexibility index (Phi) is 6.05. The Labute approximate surface area is 294 Å². The molecule has 0 saturated carbocycles. The van der Waals surface area contributed by atoms with E-state index < -0.39 is 0 Å². The molecule has 0 amide bonds. The van der Waals surface area contributed by atoms with E-state index in [-0.39, 0.29) is 0 Å². The van der Waals surface area contributed by atoms with Crippen LogP contribution in [0.1, 0.15) is 17.5 Å². The van der Waals surface area contributed by atoms with E-state index in [1.165, 1.54) is 44.2 Å². The van der Waals surface area contributed by atoms with Crippen LogP contribution in [0.3, 0.4) is 0 Å². The molecule has 0 aliphatic heterocycles. The average Bonchev–Trinajstić information content (AvgIpc) is 3.75. The van der Waals surface area contributed by atoms with Gasteiger partial charge >= 0.3 is 0 Å². The lowest BCUT2D eigenvalue weighted by atomic mass is 9.93. The summed E-state index contributed by atoms with van der Waals surface area (Å²) < 4.78 is 6.80. The van der Waals surface area contributed by atoms with Gasteiger partial charge in [0.1, 0.15) is 11.2 Å². The van der Waals surface area contributed by atoms with Crippen LogP contribution in [0.5, 0.6) is 0 Å². The highest BCUT2D eigenvalue weighted by molar-refractivity contribution is 6.21. The molecule has 2 heterocycles. The Hall–Kier alpha value is -6.65. The maximum absolute atomic E-state index is 6.80. The topological polar surface area (TPSA) is 51.8 Å². The van der Waals surface area contributed by atoms with Gasteiger partial charge in [0.2, 0.25) is 0 Å². The smallest absolute Gasteiger partial charge is 0.164 e. The third kappa shape index (κ3) is 4.30. The van der Waals surface area contributed by atoms with Gasteiger partial charge in [-0.15, -0.1) is 0 Å². The van der Waals surface area contributed by atoms with E-state index in [4.69, 9.17) is 19.4 Å². The minimum atomic E-state index is 0.619. The van der Waals surface area contributed by atoms with Crippen LogP contribution in [0.25, 0.3) is 106 Å². The zero-order valence-corrected chi connectivity index (χ0v) is 27.6. The number of allylic oxidation sites excluding steroid dienone is 1. The second-order valence-electron chi connectivity index (χ2n) is 13.4. The molecule has 0 N–H and O–H groups in total. The van der Waals surface area contributed by atoms with Crippen molar-refractivity contribution in [2.24, 2.45) is 0 Å². The standard InChI is InChI=1S/C47H29N3O/c1-2-12-29(13-3-1)45-48-46(31-24-23-28-11-4-5-14-30(28)27-31)50-47(49-45)40-21-10-22-41-43(40)39-20-9-19-38(44(39)51-41)34-25-26-37-33-16-7-6-15-32(33)35-17-8-18-36(34)42(35)37/h1-3,5-10,12-27H,4,11H2. The second kappa shape index (κ2) is 10.9. The van der Waals surface area contributed by atoms with Crippen LogP contribution in [-0.4, -0.2) is 15.0 Å². The first-order valence-corrected chi connectivity index (χ1v) is 17.5. The summed E-state index contributed by atoms with van der Waals surface area (Å²) in [6.07, 6.45) is 6.57. The maximum atomic E-state index is 6.80. The minimum Gasteiger partial charge on any atom is -0.455 e. The molecule has 11 rings (SSSR count). The molecule has 0 unspecified atom stereocenters. The van der Waals surface area contributed by atoms with E-state index in [1.807, 2.05) is 30.3 Å². The first kappa shape index (κ1) is 28.2. The number of nitrogens with zero attached hydrogens (tertiary/aromatic N) is 3. The van der Waals surface area contributed by atoms with Gasteiger partial charge in [0.05, 0.1) is 0 Å². The summed E-state index contributed by atoms with van der Waals surface area (Å²) in [4.78, 5) is 15.3. The normalized spacial score (nSPS) is 12.9. The van der Waals surface area contributed by atoms with Crippen LogP contribution < -0.4 is 0 Å². The SMILES string of the molecule is C1=Cc2cc(-c3nc(-c4ccccc4)nc(-c4cccc5oc6c(-c7ccc8c9c(cccc79)-c7ccccc7-8)cccc6c45)n3)ccc2CC1. The number of aryl methyl sites for hydroxylation is 1. The van der Waals surface area contributed by atoms with Gasteiger partial charge in [-0.1, -0.05) is 140 Å². The Morgan fingerprint density at radius 1 is 0.451 bits per heavy atom. The van der Waals surface area contributed by atoms with Gasteiger partial charge in [0.25, 0.3) is 0 Å². The molecule has 4 nitrogen and oxygen atoms in total. The first-order chi connectivity index (χ1) is 25.3. The third-order valence-corrected chi connectivity index (χ3v) is 10.6. The maximum Gasteiger partial charge on any atom is 0.164 e. The molecule has 0 atom stereocenters. The van der Waals surface area contributed by atoms with Gasteiger partial charge in [0.15, 0.2) is 17.5 Å². The van der Waals surface area contributed by atoms with E-state index in [1.54, 1.807) is 0 Å². The molecule has 2 aromatic heterocycles. The van der Waals surface area contributed by atoms with Gasteiger partial charge in [-0.25, -0.2) is 15.0 Å². The van der Waals surface area contributed by atoms with Crippen LogP contribution in [0.4, 0.5) is 0 Å². The van der Waals surface area contributed by atoms with Crippen molar-refractivity contribution in [1.82, 2.24) is 15.0 Å². The van der Waals surface area contributed by atoms with Crippen molar-refractivity contribution in [3.8, 4) is 67.5 Å². The number of furan rings is 1. The summed E-state index contributed by atoms with van der Waals surface area (Å²) in [5.41, 5.74) is 14.5. The Morgan fingerprint density at radius 3 is 1.98 bits per heavy atom. The van der Waals surface area contributed by atoms with E-state index in [0.29, 0.717) is 17.5 Å². The fourth-order valence-corrected chi connectivity index (χ4v) is 8.20. The molecule has 0 saturated heterocycles. The summed E-state index contributed by atoms with van der Waals surface area (Å²) in [6, 6.07) is 49.2. The van der Waals surface area contributed by atoms with Gasteiger partial charge in [-0.2, -0.15) is 0 Å². The number of benzene rings is 7. The highest BCUT2D eigenvalue weighted by Gasteiger charge is 2.24. The number of rotatable bonds is 4. The summed E-state index contributed by atoms with van der Waals surface area (Å²) in [7, 11) is 0. The van der Waals surface area contributed by atoms with Gasteiger partial charge in [-0.05, 0) is 74.7 Å². The minimum absolute atomic E-state index is 0.619. The van der Waals surface area contributed by atoms with Crippen LogP contribution >= 0.6 is 0 Å². The number of para-hydroxylation sites is 1.